The van der Waals surface area contributed by atoms with Gasteiger partial charge in [0.1, 0.15) is 6.26 Å². The molecule has 0 saturated carbocycles. The van der Waals surface area contributed by atoms with Gasteiger partial charge in [-0.3, -0.25) is 10.1 Å². The standard InChI is InChI=1S/C11H6ClN3O2S/c12-6-1-2-7-9(3-6)18-11(14-7)15-10(16)8-4-17-5-13-8/h1-5H,(H,14,15,16). The maximum absolute atomic E-state index is 11.7. The molecule has 3 rings (SSSR count). The number of nitrogens with zero attached hydrogens (tertiary/aromatic N) is 2. The van der Waals surface area contributed by atoms with Crippen molar-refractivity contribution < 1.29 is 9.21 Å². The van der Waals surface area contributed by atoms with Crippen molar-refractivity contribution in [3.63, 3.8) is 0 Å². The number of rotatable bonds is 2. The number of nitrogens with one attached hydrogen (secondary N) is 1. The fourth-order valence-electron chi connectivity index (χ4n) is 1.44. The lowest BCUT2D eigenvalue weighted by atomic mass is 10.3. The zero-order chi connectivity index (χ0) is 12.5. The fourth-order valence-corrected chi connectivity index (χ4v) is 2.57. The van der Waals surface area contributed by atoms with Gasteiger partial charge in [-0.05, 0) is 18.2 Å². The lowest BCUT2D eigenvalue weighted by Crippen LogP contribution is -2.11. The summed E-state index contributed by atoms with van der Waals surface area (Å²) in [6, 6.07) is 5.37. The number of benzene rings is 1. The third-order valence-electron chi connectivity index (χ3n) is 2.24. The molecule has 0 radical (unpaired) electrons. The number of hydrogen-bond donors (Lipinski definition) is 1. The minimum atomic E-state index is -0.353. The molecule has 0 spiro atoms. The molecule has 0 saturated heterocycles. The van der Waals surface area contributed by atoms with Crippen LogP contribution in [0.5, 0.6) is 0 Å². The highest BCUT2D eigenvalue weighted by Gasteiger charge is 2.12. The second-order valence-corrected chi connectivity index (χ2v) is 4.93. The van der Waals surface area contributed by atoms with Gasteiger partial charge in [0.2, 0.25) is 0 Å². The molecule has 1 amide bonds. The van der Waals surface area contributed by atoms with Crippen molar-refractivity contribution in [2.24, 2.45) is 0 Å². The lowest BCUT2D eigenvalue weighted by molar-refractivity contribution is 0.102. The van der Waals surface area contributed by atoms with Crippen LogP contribution in [0.1, 0.15) is 10.5 Å². The molecule has 0 aliphatic rings. The third kappa shape index (κ3) is 2.07. The van der Waals surface area contributed by atoms with Crippen molar-refractivity contribution in [1.82, 2.24) is 9.97 Å². The zero-order valence-corrected chi connectivity index (χ0v) is 10.5. The molecule has 90 valence electrons. The lowest BCUT2D eigenvalue weighted by Gasteiger charge is -1.95. The first-order chi connectivity index (χ1) is 8.72. The number of thiazole rings is 1. The quantitative estimate of drug-likeness (QED) is 0.782. The van der Waals surface area contributed by atoms with Crippen molar-refractivity contribution in [1.29, 1.82) is 0 Å². The summed E-state index contributed by atoms with van der Waals surface area (Å²) in [5.74, 6) is -0.353. The summed E-state index contributed by atoms with van der Waals surface area (Å²) >= 11 is 7.24. The van der Waals surface area contributed by atoms with E-state index in [4.69, 9.17) is 16.0 Å². The smallest absolute Gasteiger partial charge is 0.279 e. The number of carbonyl (C=O) groups excluding carboxylic acids is 1. The summed E-state index contributed by atoms with van der Waals surface area (Å²) in [4.78, 5) is 19.8. The van der Waals surface area contributed by atoms with Crippen LogP contribution < -0.4 is 5.32 Å². The number of aromatic nitrogens is 2. The second-order valence-electron chi connectivity index (χ2n) is 3.46. The first kappa shape index (κ1) is 11.2. The van der Waals surface area contributed by atoms with Gasteiger partial charge >= 0.3 is 0 Å². The van der Waals surface area contributed by atoms with E-state index in [2.05, 4.69) is 15.3 Å². The monoisotopic (exact) mass is 279 g/mol. The highest BCUT2D eigenvalue weighted by Crippen LogP contribution is 2.28. The molecule has 2 aromatic heterocycles. The molecular formula is C11H6ClN3O2S. The molecule has 5 nitrogen and oxygen atoms in total. The van der Waals surface area contributed by atoms with Gasteiger partial charge in [-0.15, -0.1) is 0 Å². The molecule has 0 unspecified atom stereocenters. The molecule has 1 N–H and O–H groups in total. The Balaban J connectivity index is 1.89. The van der Waals surface area contributed by atoms with Crippen molar-refractivity contribution in [3.8, 4) is 0 Å². The minimum absolute atomic E-state index is 0.215. The normalized spacial score (nSPS) is 10.7. The highest BCUT2D eigenvalue weighted by molar-refractivity contribution is 7.22. The van der Waals surface area contributed by atoms with Crippen LogP contribution in [0.2, 0.25) is 5.02 Å². The Morgan fingerprint density at radius 1 is 1.44 bits per heavy atom. The first-order valence-corrected chi connectivity index (χ1v) is 6.17. The molecule has 0 aliphatic carbocycles. The molecule has 3 aromatic rings. The molecule has 7 heteroatoms. The maximum atomic E-state index is 11.7. The maximum Gasteiger partial charge on any atom is 0.279 e. The van der Waals surface area contributed by atoms with Crippen LogP contribution in [0.3, 0.4) is 0 Å². The molecule has 0 atom stereocenters. The van der Waals surface area contributed by atoms with Gasteiger partial charge in [0, 0.05) is 5.02 Å². The van der Waals surface area contributed by atoms with E-state index in [-0.39, 0.29) is 11.6 Å². The van der Waals surface area contributed by atoms with Gasteiger partial charge in [0.25, 0.3) is 5.91 Å². The van der Waals surface area contributed by atoms with Gasteiger partial charge in [-0.25, -0.2) is 9.97 Å². The van der Waals surface area contributed by atoms with Gasteiger partial charge in [0.05, 0.1) is 10.2 Å². The molecule has 0 bridgehead atoms. The minimum Gasteiger partial charge on any atom is -0.451 e. The number of hydrogen-bond acceptors (Lipinski definition) is 5. The SMILES string of the molecule is O=C(Nc1nc2ccc(Cl)cc2s1)c1cocn1. The number of halogens is 1. The van der Waals surface area contributed by atoms with E-state index >= 15 is 0 Å². The highest BCUT2D eigenvalue weighted by atomic mass is 35.5. The predicted octanol–water partition coefficient (Wildman–Crippen LogP) is 3.19. The average Bonchev–Trinajstić information content (AvgIpc) is 2.95. The van der Waals surface area contributed by atoms with E-state index < -0.39 is 0 Å². The second kappa shape index (κ2) is 4.40. The van der Waals surface area contributed by atoms with E-state index in [1.807, 2.05) is 0 Å². The van der Waals surface area contributed by atoms with Crippen LogP contribution in [0, 0.1) is 0 Å². The van der Waals surface area contributed by atoms with Crippen molar-refractivity contribution >= 4 is 44.2 Å². The number of oxazole rings is 1. The van der Waals surface area contributed by atoms with E-state index in [1.54, 1.807) is 18.2 Å². The molecule has 1 aromatic carbocycles. The van der Waals surface area contributed by atoms with Gasteiger partial charge in [-0.1, -0.05) is 22.9 Å². The van der Waals surface area contributed by atoms with E-state index in [0.717, 1.165) is 10.2 Å². The van der Waals surface area contributed by atoms with Crippen LogP contribution in [0.15, 0.2) is 35.3 Å². The average molecular weight is 280 g/mol. The van der Waals surface area contributed by atoms with E-state index in [9.17, 15) is 4.79 Å². The van der Waals surface area contributed by atoms with Crippen molar-refractivity contribution in [2.75, 3.05) is 5.32 Å². The molecule has 0 fully saturated rings. The van der Waals surface area contributed by atoms with Gasteiger partial charge in [-0.2, -0.15) is 0 Å². The summed E-state index contributed by atoms with van der Waals surface area (Å²) < 4.78 is 5.66. The van der Waals surface area contributed by atoms with Gasteiger partial charge < -0.3 is 4.42 Å². The first-order valence-electron chi connectivity index (χ1n) is 4.98. The topological polar surface area (TPSA) is 68.0 Å². The molecule has 0 aliphatic heterocycles. The Morgan fingerprint density at radius 2 is 2.33 bits per heavy atom. The molecule has 2 heterocycles. The summed E-state index contributed by atoms with van der Waals surface area (Å²) in [6.07, 6.45) is 2.48. The molecule has 18 heavy (non-hydrogen) atoms. The van der Waals surface area contributed by atoms with Crippen LogP contribution in [0.4, 0.5) is 5.13 Å². The summed E-state index contributed by atoms with van der Waals surface area (Å²) in [5.41, 5.74) is 1.01. The predicted molar refractivity (Wildman–Crippen MR) is 69.1 cm³/mol. The van der Waals surface area contributed by atoms with Crippen LogP contribution in [-0.4, -0.2) is 15.9 Å². The van der Waals surface area contributed by atoms with Gasteiger partial charge in [0.15, 0.2) is 17.2 Å². The van der Waals surface area contributed by atoms with Crippen molar-refractivity contribution in [2.45, 2.75) is 0 Å². The summed E-state index contributed by atoms with van der Waals surface area (Å²) in [7, 11) is 0. The number of carbonyl (C=O) groups is 1. The van der Waals surface area contributed by atoms with Crippen LogP contribution in [0.25, 0.3) is 10.2 Å². The Bertz CT molecular complexity index is 708. The summed E-state index contributed by atoms with van der Waals surface area (Å²) in [6.45, 7) is 0. The van der Waals surface area contributed by atoms with E-state index in [1.165, 1.54) is 24.0 Å². The van der Waals surface area contributed by atoms with Crippen LogP contribution in [-0.2, 0) is 0 Å². The largest absolute Gasteiger partial charge is 0.451 e. The van der Waals surface area contributed by atoms with Crippen LogP contribution >= 0.6 is 22.9 Å². The third-order valence-corrected chi connectivity index (χ3v) is 3.40. The number of amides is 1. The number of fused-ring (bicyclic) bond motifs is 1. The molecular weight excluding hydrogens is 274 g/mol. The fraction of sp³-hybridized carbons (Fsp3) is 0. The number of anilines is 1. The van der Waals surface area contributed by atoms with E-state index in [0.29, 0.717) is 10.2 Å². The Morgan fingerprint density at radius 3 is 3.11 bits per heavy atom. The Labute approximate surface area is 110 Å². The Kier molecular flexibility index (Phi) is 2.73. The Hall–Kier alpha value is -1.92. The van der Waals surface area contributed by atoms with Crippen molar-refractivity contribution in [3.05, 3.63) is 41.6 Å². The zero-order valence-electron chi connectivity index (χ0n) is 8.88. The summed E-state index contributed by atoms with van der Waals surface area (Å²) in [5, 5.41) is 3.80.